The molecule has 78 valence electrons. The van der Waals surface area contributed by atoms with Crippen molar-refractivity contribution in [2.24, 2.45) is 0 Å². The first-order valence-electron chi connectivity index (χ1n) is 3.95. The lowest BCUT2D eigenvalue weighted by molar-refractivity contribution is 0.0804. The highest BCUT2D eigenvalue weighted by Gasteiger charge is 2.12. The van der Waals surface area contributed by atoms with Crippen molar-refractivity contribution >= 4 is 28.8 Å². The first-order valence-corrected chi connectivity index (χ1v) is 5.21. The monoisotopic (exact) mass is 235 g/mol. The molecule has 3 N–H and O–H groups in total. The van der Waals surface area contributed by atoms with Crippen LogP contribution in [-0.2, 0) is 0 Å². The summed E-state index contributed by atoms with van der Waals surface area (Å²) in [6.45, 7) is -0.359. The van der Waals surface area contributed by atoms with Crippen molar-refractivity contribution in [3.63, 3.8) is 0 Å². The Bertz CT molecular complexity index is 315. The molecule has 0 radical (unpaired) electrons. The Hall–Kier alpha value is -0.620. The molecule has 1 aromatic rings. The summed E-state index contributed by atoms with van der Waals surface area (Å²) in [7, 11) is 0. The Morgan fingerprint density at radius 1 is 1.71 bits per heavy atom. The van der Waals surface area contributed by atoms with Gasteiger partial charge in [0.2, 0.25) is 0 Å². The van der Waals surface area contributed by atoms with Gasteiger partial charge < -0.3 is 15.5 Å². The SMILES string of the molecule is O=C(NC[C@H](O)CO)c1sccc1Cl. The van der Waals surface area contributed by atoms with Gasteiger partial charge in [0.1, 0.15) is 4.88 Å². The van der Waals surface area contributed by atoms with Crippen LogP contribution in [0.2, 0.25) is 5.02 Å². The van der Waals surface area contributed by atoms with Gasteiger partial charge in [-0.3, -0.25) is 4.79 Å². The fourth-order valence-electron chi connectivity index (χ4n) is 0.811. The maximum atomic E-state index is 11.4. The van der Waals surface area contributed by atoms with E-state index in [0.29, 0.717) is 9.90 Å². The number of aliphatic hydroxyl groups excluding tert-OH is 2. The second-order valence-corrected chi connectivity index (χ2v) is 3.97. The molecule has 1 atom stereocenters. The van der Waals surface area contributed by atoms with Crippen LogP contribution < -0.4 is 5.32 Å². The van der Waals surface area contributed by atoms with E-state index in [1.807, 2.05) is 0 Å². The number of hydrogen-bond donors (Lipinski definition) is 3. The molecule has 1 amide bonds. The molecule has 0 bridgehead atoms. The minimum atomic E-state index is -0.933. The summed E-state index contributed by atoms with van der Waals surface area (Å²) in [5.74, 6) is -0.336. The minimum absolute atomic E-state index is 0.0174. The van der Waals surface area contributed by atoms with Gasteiger partial charge in [-0.05, 0) is 11.4 Å². The van der Waals surface area contributed by atoms with Gasteiger partial charge in [0.05, 0.1) is 17.7 Å². The number of aliphatic hydroxyl groups is 2. The molecule has 1 rings (SSSR count). The van der Waals surface area contributed by atoms with Crippen molar-refractivity contribution in [3.8, 4) is 0 Å². The van der Waals surface area contributed by atoms with Crippen molar-refractivity contribution in [3.05, 3.63) is 21.3 Å². The third-order valence-electron chi connectivity index (χ3n) is 1.53. The van der Waals surface area contributed by atoms with E-state index in [4.69, 9.17) is 21.8 Å². The summed E-state index contributed by atoms with van der Waals surface area (Å²) < 4.78 is 0. The van der Waals surface area contributed by atoms with E-state index in [9.17, 15) is 4.79 Å². The Labute approximate surface area is 90.1 Å². The standard InChI is InChI=1S/C8H10ClNO3S/c9-6-1-2-14-7(6)8(13)10-3-5(12)4-11/h1-2,5,11-12H,3-4H2,(H,10,13)/t5-/m0/s1. The molecule has 0 unspecified atom stereocenters. The van der Waals surface area contributed by atoms with Crippen molar-refractivity contribution in [2.45, 2.75) is 6.10 Å². The van der Waals surface area contributed by atoms with Gasteiger partial charge >= 0.3 is 0 Å². The molecule has 0 spiro atoms. The summed E-state index contributed by atoms with van der Waals surface area (Å²) in [6.07, 6.45) is -0.933. The number of hydrogen-bond acceptors (Lipinski definition) is 4. The van der Waals surface area contributed by atoms with Gasteiger partial charge in [-0.2, -0.15) is 0 Å². The van der Waals surface area contributed by atoms with Crippen LogP contribution in [0.15, 0.2) is 11.4 Å². The highest BCUT2D eigenvalue weighted by molar-refractivity contribution is 7.12. The zero-order valence-corrected chi connectivity index (χ0v) is 8.81. The molecule has 0 aliphatic carbocycles. The Balaban J connectivity index is 2.47. The number of carbonyl (C=O) groups excluding carboxylic acids is 1. The number of nitrogens with one attached hydrogen (secondary N) is 1. The van der Waals surface area contributed by atoms with Gasteiger partial charge in [0.15, 0.2) is 0 Å². The largest absolute Gasteiger partial charge is 0.394 e. The lowest BCUT2D eigenvalue weighted by atomic mass is 10.3. The van der Waals surface area contributed by atoms with E-state index in [0.717, 1.165) is 0 Å². The average molecular weight is 236 g/mol. The van der Waals surface area contributed by atoms with E-state index < -0.39 is 6.10 Å². The molecular formula is C8H10ClNO3S. The Morgan fingerprint density at radius 3 is 2.93 bits per heavy atom. The van der Waals surface area contributed by atoms with Crippen molar-refractivity contribution in [1.29, 1.82) is 0 Å². The van der Waals surface area contributed by atoms with E-state index in [2.05, 4.69) is 5.32 Å². The molecule has 0 fully saturated rings. The summed E-state index contributed by atoms with van der Waals surface area (Å²) in [5, 5.41) is 22.0. The number of amides is 1. The van der Waals surface area contributed by atoms with Gasteiger partial charge in [0, 0.05) is 6.54 Å². The zero-order valence-electron chi connectivity index (χ0n) is 7.24. The predicted octanol–water partition coefficient (Wildman–Crippen LogP) is 0.484. The zero-order chi connectivity index (χ0) is 10.6. The Morgan fingerprint density at radius 2 is 2.43 bits per heavy atom. The van der Waals surface area contributed by atoms with E-state index in [1.54, 1.807) is 11.4 Å². The van der Waals surface area contributed by atoms with Gasteiger partial charge in [-0.15, -0.1) is 11.3 Å². The van der Waals surface area contributed by atoms with Crippen LogP contribution in [0.1, 0.15) is 9.67 Å². The van der Waals surface area contributed by atoms with Crippen LogP contribution in [0.4, 0.5) is 0 Å². The van der Waals surface area contributed by atoms with Crippen molar-refractivity contribution < 1.29 is 15.0 Å². The molecule has 0 saturated heterocycles. The number of rotatable bonds is 4. The van der Waals surface area contributed by atoms with E-state index in [-0.39, 0.29) is 19.1 Å². The van der Waals surface area contributed by atoms with Crippen molar-refractivity contribution in [2.75, 3.05) is 13.2 Å². The van der Waals surface area contributed by atoms with Gasteiger partial charge in [-0.1, -0.05) is 11.6 Å². The second-order valence-electron chi connectivity index (χ2n) is 2.64. The third kappa shape index (κ3) is 2.95. The van der Waals surface area contributed by atoms with Crippen LogP contribution in [0.25, 0.3) is 0 Å². The molecule has 0 aromatic carbocycles. The fourth-order valence-corrected chi connectivity index (χ4v) is 1.87. The first kappa shape index (κ1) is 11.5. The van der Waals surface area contributed by atoms with Crippen LogP contribution in [0, 0.1) is 0 Å². The second kappa shape index (κ2) is 5.31. The predicted molar refractivity (Wildman–Crippen MR) is 54.8 cm³/mol. The maximum absolute atomic E-state index is 11.4. The topological polar surface area (TPSA) is 69.6 Å². The normalized spacial score (nSPS) is 12.5. The third-order valence-corrected chi connectivity index (χ3v) is 2.87. The first-order chi connectivity index (χ1) is 6.65. The lowest BCUT2D eigenvalue weighted by Gasteiger charge is -2.07. The van der Waals surface area contributed by atoms with Gasteiger partial charge in [-0.25, -0.2) is 0 Å². The summed E-state index contributed by atoms with van der Waals surface area (Å²) in [5.41, 5.74) is 0. The van der Waals surface area contributed by atoms with E-state index in [1.165, 1.54) is 11.3 Å². The van der Waals surface area contributed by atoms with Crippen molar-refractivity contribution in [1.82, 2.24) is 5.32 Å². The molecule has 0 aliphatic heterocycles. The molecule has 1 aromatic heterocycles. The quantitative estimate of drug-likeness (QED) is 0.711. The van der Waals surface area contributed by atoms with Crippen LogP contribution in [0.3, 0.4) is 0 Å². The molecule has 0 aliphatic rings. The molecule has 4 nitrogen and oxygen atoms in total. The average Bonchev–Trinajstić information content (AvgIpc) is 2.60. The van der Waals surface area contributed by atoms with E-state index >= 15 is 0 Å². The molecular weight excluding hydrogens is 226 g/mol. The fraction of sp³-hybridized carbons (Fsp3) is 0.375. The van der Waals surface area contributed by atoms with Crippen LogP contribution in [0.5, 0.6) is 0 Å². The molecule has 1 heterocycles. The highest BCUT2D eigenvalue weighted by Crippen LogP contribution is 2.21. The maximum Gasteiger partial charge on any atom is 0.262 e. The Kier molecular flexibility index (Phi) is 4.34. The van der Waals surface area contributed by atoms with Crippen LogP contribution in [-0.4, -0.2) is 35.4 Å². The molecule has 6 heteroatoms. The summed E-state index contributed by atoms with van der Waals surface area (Å²) in [6, 6.07) is 1.63. The minimum Gasteiger partial charge on any atom is -0.394 e. The lowest BCUT2D eigenvalue weighted by Crippen LogP contribution is -2.33. The number of thiophene rings is 1. The van der Waals surface area contributed by atoms with Crippen LogP contribution >= 0.6 is 22.9 Å². The smallest absolute Gasteiger partial charge is 0.262 e. The summed E-state index contributed by atoms with van der Waals surface area (Å²) >= 11 is 6.95. The molecule has 0 saturated carbocycles. The molecule has 14 heavy (non-hydrogen) atoms. The van der Waals surface area contributed by atoms with Gasteiger partial charge in [0.25, 0.3) is 5.91 Å². The number of halogens is 1. The highest BCUT2D eigenvalue weighted by atomic mass is 35.5. The summed E-state index contributed by atoms with van der Waals surface area (Å²) in [4.78, 5) is 11.8. The number of carbonyl (C=O) groups is 1.